The molecule has 5 nitrogen and oxygen atoms in total. The first-order valence-corrected chi connectivity index (χ1v) is 7.65. The van der Waals surface area contributed by atoms with Crippen molar-refractivity contribution in [3.8, 4) is 5.75 Å². The Labute approximate surface area is 125 Å². The molecule has 21 heavy (non-hydrogen) atoms. The van der Waals surface area contributed by atoms with Crippen molar-refractivity contribution >= 4 is 0 Å². The highest BCUT2D eigenvalue weighted by Gasteiger charge is 2.20. The number of ether oxygens (including phenoxy) is 1. The number of benzene rings is 1. The second kappa shape index (κ2) is 6.72. The Morgan fingerprint density at radius 3 is 3.00 bits per heavy atom. The highest BCUT2D eigenvalue weighted by molar-refractivity contribution is 5.33. The van der Waals surface area contributed by atoms with E-state index in [0.29, 0.717) is 13.2 Å². The number of hydrogen-bond acceptors (Lipinski definition) is 4. The third-order valence-electron chi connectivity index (χ3n) is 3.63. The summed E-state index contributed by atoms with van der Waals surface area (Å²) in [5.41, 5.74) is 2.12. The van der Waals surface area contributed by atoms with Crippen molar-refractivity contribution in [2.45, 2.75) is 32.9 Å². The average molecular weight is 286 g/mol. The number of rotatable bonds is 8. The van der Waals surface area contributed by atoms with Gasteiger partial charge in [-0.1, -0.05) is 23.4 Å². The van der Waals surface area contributed by atoms with Crippen LogP contribution >= 0.6 is 0 Å². The van der Waals surface area contributed by atoms with Gasteiger partial charge >= 0.3 is 0 Å². The number of hydrogen-bond donors (Lipinski definition) is 1. The number of aromatic nitrogens is 3. The lowest BCUT2D eigenvalue weighted by Gasteiger charge is -2.09. The minimum atomic E-state index is 0.671. The van der Waals surface area contributed by atoms with Gasteiger partial charge in [0.25, 0.3) is 0 Å². The van der Waals surface area contributed by atoms with E-state index >= 15 is 0 Å². The summed E-state index contributed by atoms with van der Waals surface area (Å²) < 4.78 is 7.51. The molecule has 0 radical (unpaired) electrons. The first-order valence-electron chi connectivity index (χ1n) is 7.65. The van der Waals surface area contributed by atoms with Crippen LogP contribution in [0, 0.1) is 5.92 Å². The SMILES string of the molecule is CCOc1ccccc1Cn1cc(CNCC2CC2)nn1. The van der Waals surface area contributed by atoms with E-state index in [4.69, 9.17) is 4.74 Å². The summed E-state index contributed by atoms with van der Waals surface area (Å²) in [6, 6.07) is 8.07. The summed E-state index contributed by atoms with van der Waals surface area (Å²) in [4.78, 5) is 0. The molecule has 1 aliphatic carbocycles. The summed E-state index contributed by atoms with van der Waals surface area (Å²) in [5.74, 6) is 1.81. The Morgan fingerprint density at radius 2 is 2.19 bits per heavy atom. The van der Waals surface area contributed by atoms with Crippen molar-refractivity contribution < 1.29 is 4.74 Å². The van der Waals surface area contributed by atoms with E-state index < -0.39 is 0 Å². The molecule has 1 aliphatic rings. The van der Waals surface area contributed by atoms with Crippen molar-refractivity contribution in [2.24, 2.45) is 5.92 Å². The Balaban J connectivity index is 1.58. The van der Waals surface area contributed by atoms with Gasteiger partial charge in [-0.05, 0) is 38.3 Å². The molecule has 5 heteroatoms. The van der Waals surface area contributed by atoms with E-state index in [1.54, 1.807) is 0 Å². The van der Waals surface area contributed by atoms with Gasteiger partial charge in [0.1, 0.15) is 5.75 Å². The molecular weight excluding hydrogens is 264 g/mol. The van der Waals surface area contributed by atoms with Crippen molar-refractivity contribution in [3.05, 3.63) is 41.7 Å². The van der Waals surface area contributed by atoms with Crippen LogP contribution in [0.4, 0.5) is 0 Å². The van der Waals surface area contributed by atoms with Gasteiger partial charge in [0, 0.05) is 12.1 Å². The maximum Gasteiger partial charge on any atom is 0.124 e. The number of nitrogens with zero attached hydrogens (tertiary/aromatic N) is 3. The van der Waals surface area contributed by atoms with Crippen LogP contribution in [0.5, 0.6) is 5.75 Å². The topological polar surface area (TPSA) is 52.0 Å². The smallest absolute Gasteiger partial charge is 0.124 e. The molecule has 2 aromatic rings. The van der Waals surface area contributed by atoms with E-state index in [1.807, 2.05) is 36.0 Å². The number of nitrogens with one attached hydrogen (secondary N) is 1. The van der Waals surface area contributed by atoms with Crippen LogP contribution in [0.25, 0.3) is 0 Å². The minimum absolute atomic E-state index is 0.671. The average Bonchev–Trinajstić information content (AvgIpc) is 3.21. The summed E-state index contributed by atoms with van der Waals surface area (Å²) in [6.07, 6.45) is 4.74. The normalized spacial score (nSPS) is 14.3. The third kappa shape index (κ3) is 4.04. The summed E-state index contributed by atoms with van der Waals surface area (Å²) in [7, 11) is 0. The molecule has 3 rings (SSSR count). The Bertz CT molecular complexity index is 577. The molecule has 0 unspecified atom stereocenters. The van der Waals surface area contributed by atoms with E-state index in [2.05, 4.69) is 21.7 Å². The van der Waals surface area contributed by atoms with Gasteiger partial charge in [-0.15, -0.1) is 5.10 Å². The molecule has 0 spiro atoms. The fourth-order valence-electron chi connectivity index (χ4n) is 2.33. The molecule has 1 N–H and O–H groups in total. The van der Waals surface area contributed by atoms with Gasteiger partial charge < -0.3 is 10.1 Å². The van der Waals surface area contributed by atoms with Gasteiger partial charge in [-0.2, -0.15) is 0 Å². The second-order valence-electron chi connectivity index (χ2n) is 5.52. The molecule has 0 saturated heterocycles. The van der Waals surface area contributed by atoms with E-state index in [-0.39, 0.29) is 0 Å². The van der Waals surface area contributed by atoms with Crippen molar-refractivity contribution in [2.75, 3.05) is 13.2 Å². The second-order valence-corrected chi connectivity index (χ2v) is 5.52. The molecule has 1 aromatic heterocycles. The monoisotopic (exact) mass is 286 g/mol. The molecular formula is C16H22N4O. The highest BCUT2D eigenvalue weighted by Crippen LogP contribution is 2.27. The third-order valence-corrected chi connectivity index (χ3v) is 3.63. The van der Waals surface area contributed by atoms with Crippen LogP contribution in [0.2, 0.25) is 0 Å². The maximum absolute atomic E-state index is 5.64. The van der Waals surface area contributed by atoms with Crippen molar-refractivity contribution in [1.82, 2.24) is 20.3 Å². The molecule has 1 fully saturated rings. The van der Waals surface area contributed by atoms with Crippen molar-refractivity contribution in [3.63, 3.8) is 0 Å². The minimum Gasteiger partial charge on any atom is -0.494 e. The van der Waals surface area contributed by atoms with Crippen LogP contribution in [0.1, 0.15) is 31.0 Å². The largest absolute Gasteiger partial charge is 0.494 e. The zero-order chi connectivity index (χ0) is 14.5. The zero-order valence-corrected chi connectivity index (χ0v) is 12.5. The van der Waals surface area contributed by atoms with Crippen LogP contribution in [0.15, 0.2) is 30.5 Å². The summed E-state index contributed by atoms with van der Waals surface area (Å²) >= 11 is 0. The zero-order valence-electron chi connectivity index (χ0n) is 12.5. The van der Waals surface area contributed by atoms with E-state index in [1.165, 1.54) is 12.8 Å². The quantitative estimate of drug-likeness (QED) is 0.808. The van der Waals surface area contributed by atoms with Crippen LogP contribution in [0.3, 0.4) is 0 Å². The molecule has 0 atom stereocenters. The van der Waals surface area contributed by atoms with Gasteiger partial charge in [-0.25, -0.2) is 4.68 Å². The summed E-state index contributed by atoms with van der Waals surface area (Å²) in [6.45, 7) is 5.25. The molecule has 0 bridgehead atoms. The predicted molar refractivity (Wildman–Crippen MR) is 81.2 cm³/mol. The highest BCUT2D eigenvalue weighted by atomic mass is 16.5. The van der Waals surface area contributed by atoms with E-state index in [9.17, 15) is 0 Å². The van der Waals surface area contributed by atoms with Gasteiger partial charge in [0.2, 0.25) is 0 Å². The van der Waals surface area contributed by atoms with Crippen molar-refractivity contribution in [1.29, 1.82) is 0 Å². The molecule has 0 aliphatic heterocycles. The number of para-hydroxylation sites is 1. The lowest BCUT2D eigenvalue weighted by molar-refractivity contribution is 0.335. The van der Waals surface area contributed by atoms with Gasteiger partial charge in [-0.3, -0.25) is 0 Å². The lowest BCUT2D eigenvalue weighted by atomic mass is 10.2. The predicted octanol–water partition coefficient (Wildman–Crippen LogP) is 2.22. The molecule has 0 amide bonds. The Hall–Kier alpha value is -1.88. The van der Waals surface area contributed by atoms with Crippen LogP contribution < -0.4 is 10.1 Å². The Morgan fingerprint density at radius 1 is 1.33 bits per heavy atom. The fraction of sp³-hybridized carbons (Fsp3) is 0.500. The first kappa shape index (κ1) is 14.1. The molecule has 1 heterocycles. The van der Waals surface area contributed by atoms with E-state index in [0.717, 1.165) is 36.0 Å². The lowest BCUT2D eigenvalue weighted by Crippen LogP contribution is -2.16. The summed E-state index contributed by atoms with van der Waals surface area (Å²) in [5, 5.41) is 11.8. The van der Waals surface area contributed by atoms with Gasteiger partial charge in [0.15, 0.2) is 0 Å². The molecule has 1 aromatic carbocycles. The van der Waals surface area contributed by atoms with Crippen LogP contribution in [-0.2, 0) is 13.1 Å². The maximum atomic E-state index is 5.64. The molecule has 1 saturated carbocycles. The fourth-order valence-corrected chi connectivity index (χ4v) is 2.33. The standard InChI is InChI=1S/C16H22N4O/c1-2-21-16-6-4-3-5-14(16)11-20-12-15(18-19-20)10-17-9-13-7-8-13/h3-6,12-13,17H,2,7-11H2,1H3. The van der Waals surface area contributed by atoms with Crippen LogP contribution in [-0.4, -0.2) is 28.1 Å². The Kier molecular flexibility index (Phi) is 4.50. The molecule has 112 valence electrons. The first-order chi connectivity index (χ1) is 10.3. The van der Waals surface area contributed by atoms with Gasteiger partial charge in [0.05, 0.1) is 25.0 Å².